The van der Waals surface area contributed by atoms with E-state index >= 15 is 4.39 Å². The van der Waals surface area contributed by atoms with Gasteiger partial charge in [0.2, 0.25) is 0 Å². The fraction of sp³-hybridized carbons (Fsp3) is 0.654. The number of halogens is 1. The van der Waals surface area contributed by atoms with Crippen molar-refractivity contribution in [2.24, 2.45) is 0 Å². The Morgan fingerprint density at radius 2 is 1.89 bits per heavy atom. The predicted molar refractivity (Wildman–Crippen MR) is 135 cm³/mol. The molecule has 2 aromatic rings. The molecule has 9 heteroatoms. The van der Waals surface area contributed by atoms with Gasteiger partial charge in [0, 0.05) is 25.3 Å². The highest BCUT2D eigenvalue weighted by Gasteiger charge is 2.47. The predicted octanol–water partition coefficient (Wildman–Crippen LogP) is 4.99. The minimum atomic E-state index is -1.08. The molecular weight excluding hydrogens is 447 g/mol. The number of anilines is 3. The first kappa shape index (κ1) is 24.0. The van der Waals surface area contributed by atoms with E-state index in [1.54, 1.807) is 17.1 Å². The molecule has 5 rings (SSSR count). The van der Waals surface area contributed by atoms with E-state index in [0.717, 1.165) is 37.7 Å². The van der Waals surface area contributed by atoms with Gasteiger partial charge in [-0.2, -0.15) is 5.10 Å². The SMILES string of the molecule is Nc1nn2c(c1C(=O)Nc1cnccc1C1CCOC1)NCC(F)C21CCCCCCCCCC1. The van der Waals surface area contributed by atoms with E-state index in [0.29, 0.717) is 37.6 Å². The average molecular weight is 485 g/mol. The topological polar surface area (TPSA) is 107 Å². The third kappa shape index (κ3) is 4.75. The maximum absolute atomic E-state index is 15.7. The van der Waals surface area contributed by atoms with E-state index in [1.807, 2.05) is 6.07 Å². The molecule has 0 radical (unpaired) electrons. The molecule has 0 bridgehead atoms. The number of fused-ring (bicyclic) bond motifs is 2. The van der Waals surface area contributed by atoms with Crippen LogP contribution in [0.1, 0.15) is 92.5 Å². The number of nitrogens with two attached hydrogens (primary N) is 1. The minimum Gasteiger partial charge on any atom is -0.381 e. The second-order valence-electron chi connectivity index (χ2n) is 10.3. The number of aromatic nitrogens is 3. The van der Waals surface area contributed by atoms with Crippen LogP contribution in [-0.4, -0.2) is 46.6 Å². The van der Waals surface area contributed by atoms with E-state index in [2.05, 4.69) is 20.7 Å². The third-order valence-electron chi connectivity index (χ3n) is 8.04. The summed E-state index contributed by atoms with van der Waals surface area (Å²) in [5, 5.41) is 10.7. The smallest absolute Gasteiger partial charge is 0.263 e. The average Bonchev–Trinajstić information content (AvgIpc) is 3.49. The molecule has 1 aliphatic carbocycles. The molecule has 2 aromatic heterocycles. The van der Waals surface area contributed by atoms with Crippen LogP contribution in [0.25, 0.3) is 0 Å². The summed E-state index contributed by atoms with van der Waals surface area (Å²) in [7, 11) is 0. The number of nitrogens with zero attached hydrogens (tertiary/aromatic N) is 3. The summed E-state index contributed by atoms with van der Waals surface area (Å²) in [5.74, 6) is 0.516. The number of alkyl halides is 1. The molecule has 2 aliphatic heterocycles. The van der Waals surface area contributed by atoms with Crippen molar-refractivity contribution in [3.8, 4) is 0 Å². The second kappa shape index (κ2) is 10.5. The number of ether oxygens (including phenoxy) is 1. The van der Waals surface area contributed by atoms with Gasteiger partial charge in [-0.05, 0) is 30.9 Å². The largest absolute Gasteiger partial charge is 0.381 e. The van der Waals surface area contributed by atoms with Gasteiger partial charge in [0.1, 0.15) is 17.6 Å². The summed E-state index contributed by atoms with van der Waals surface area (Å²) >= 11 is 0. The lowest BCUT2D eigenvalue weighted by Gasteiger charge is -2.42. The van der Waals surface area contributed by atoms with Crippen LogP contribution >= 0.6 is 0 Å². The van der Waals surface area contributed by atoms with Crippen LogP contribution < -0.4 is 16.4 Å². The van der Waals surface area contributed by atoms with Gasteiger partial charge in [0.05, 0.1) is 24.0 Å². The van der Waals surface area contributed by atoms with Crippen molar-refractivity contribution in [1.29, 1.82) is 0 Å². The van der Waals surface area contributed by atoms with Gasteiger partial charge in [0.25, 0.3) is 5.91 Å². The summed E-state index contributed by atoms with van der Waals surface area (Å²) in [5.41, 5.74) is 7.50. The van der Waals surface area contributed by atoms with E-state index in [9.17, 15) is 4.79 Å². The van der Waals surface area contributed by atoms with Gasteiger partial charge >= 0.3 is 0 Å². The van der Waals surface area contributed by atoms with Crippen molar-refractivity contribution in [2.45, 2.75) is 88.3 Å². The number of nitrogen functional groups attached to an aromatic ring is 1. The quantitative estimate of drug-likeness (QED) is 0.567. The number of hydrogen-bond acceptors (Lipinski definition) is 6. The molecule has 8 nitrogen and oxygen atoms in total. The summed E-state index contributed by atoms with van der Waals surface area (Å²) in [6.07, 6.45) is 13.6. The Morgan fingerprint density at radius 1 is 1.17 bits per heavy atom. The Hall–Kier alpha value is -2.68. The van der Waals surface area contributed by atoms with Gasteiger partial charge in [-0.1, -0.05) is 51.4 Å². The molecular formula is C26H37FN6O2. The van der Waals surface area contributed by atoms with Gasteiger partial charge in [-0.15, -0.1) is 0 Å². The first-order valence-electron chi connectivity index (χ1n) is 13.2. The van der Waals surface area contributed by atoms with Crippen LogP contribution in [0.15, 0.2) is 18.5 Å². The maximum atomic E-state index is 15.7. The Labute approximate surface area is 206 Å². The lowest BCUT2D eigenvalue weighted by atomic mass is 9.81. The Morgan fingerprint density at radius 3 is 2.57 bits per heavy atom. The van der Waals surface area contributed by atoms with Crippen LogP contribution in [0.3, 0.4) is 0 Å². The molecule has 2 atom stereocenters. The molecule has 1 spiro atoms. The molecule has 1 saturated heterocycles. The second-order valence-corrected chi connectivity index (χ2v) is 10.3. The lowest BCUT2D eigenvalue weighted by Crippen LogP contribution is -2.51. The maximum Gasteiger partial charge on any atom is 0.263 e. The third-order valence-corrected chi connectivity index (χ3v) is 8.04. The number of carbonyl (C=O) groups is 1. The van der Waals surface area contributed by atoms with E-state index < -0.39 is 11.7 Å². The first-order valence-corrected chi connectivity index (χ1v) is 13.2. The van der Waals surface area contributed by atoms with Crippen LogP contribution in [0.4, 0.5) is 21.7 Å². The van der Waals surface area contributed by atoms with Crippen LogP contribution in [0, 0.1) is 0 Å². The van der Waals surface area contributed by atoms with Crippen molar-refractivity contribution >= 4 is 23.2 Å². The Bertz CT molecular complexity index is 1020. The zero-order chi connectivity index (χ0) is 24.3. The molecule has 4 heterocycles. The molecule has 190 valence electrons. The zero-order valence-electron chi connectivity index (χ0n) is 20.4. The van der Waals surface area contributed by atoms with Gasteiger partial charge in [-0.25, -0.2) is 9.07 Å². The number of nitrogens with one attached hydrogen (secondary N) is 2. The molecule has 35 heavy (non-hydrogen) atoms. The van der Waals surface area contributed by atoms with E-state index in [4.69, 9.17) is 10.5 Å². The Balaban J connectivity index is 1.45. The number of hydrogen-bond donors (Lipinski definition) is 3. The van der Waals surface area contributed by atoms with Crippen LogP contribution in [0.5, 0.6) is 0 Å². The normalized spacial score (nSPS) is 24.8. The molecule has 1 amide bonds. The highest BCUT2D eigenvalue weighted by Crippen LogP contribution is 2.43. The van der Waals surface area contributed by atoms with Crippen molar-refractivity contribution in [3.63, 3.8) is 0 Å². The van der Waals surface area contributed by atoms with Gasteiger partial charge in [-0.3, -0.25) is 9.78 Å². The number of carbonyl (C=O) groups excluding carboxylic acids is 1. The minimum absolute atomic E-state index is 0.127. The number of pyridine rings is 1. The fourth-order valence-electron chi connectivity index (χ4n) is 6.06. The summed E-state index contributed by atoms with van der Waals surface area (Å²) < 4.78 is 22.9. The molecule has 1 saturated carbocycles. The van der Waals surface area contributed by atoms with Crippen LogP contribution in [-0.2, 0) is 10.3 Å². The highest BCUT2D eigenvalue weighted by molar-refractivity contribution is 6.11. The molecule has 0 aromatic carbocycles. The molecule has 4 N–H and O–H groups in total. The lowest BCUT2D eigenvalue weighted by molar-refractivity contribution is 0.0738. The van der Waals surface area contributed by atoms with E-state index in [-0.39, 0.29) is 29.8 Å². The molecule has 3 aliphatic rings. The number of rotatable bonds is 3. The molecule has 2 unspecified atom stereocenters. The first-order chi connectivity index (χ1) is 17.1. The van der Waals surface area contributed by atoms with Crippen molar-refractivity contribution in [1.82, 2.24) is 14.8 Å². The monoisotopic (exact) mass is 484 g/mol. The summed E-state index contributed by atoms with van der Waals surface area (Å²) in [4.78, 5) is 17.7. The summed E-state index contributed by atoms with van der Waals surface area (Å²) in [6, 6.07) is 1.93. The highest BCUT2D eigenvalue weighted by atomic mass is 19.1. The van der Waals surface area contributed by atoms with Crippen LogP contribution in [0.2, 0.25) is 0 Å². The number of amides is 1. The fourth-order valence-corrected chi connectivity index (χ4v) is 6.06. The van der Waals surface area contributed by atoms with Gasteiger partial charge < -0.3 is 21.1 Å². The van der Waals surface area contributed by atoms with Gasteiger partial charge in [0.15, 0.2) is 5.82 Å². The Kier molecular flexibility index (Phi) is 7.22. The summed E-state index contributed by atoms with van der Waals surface area (Å²) in [6.45, 7) is 1.49. The van der Waals surface area contributed by atoms with E-state index in [1.165, 1.54) is 25.7 Å². The zero-order valence-corrected chi connectivity index (χ0v) is 20.4. The van der Waals surface area contributed by atoms with Crippen molar-refractivity contribution in [2.75, 3.05) is 36.1 Å². The van der Waals surface area contributed by atoms with Crippen molar-refractivity contribution < 1.29 is 13.9 Å². The molecule has 2 fully saturated rings. The standard InChI is InChI=1S/C26H37FN6O2/c27-21-16-30-24-22(25(34)31-20-15-29-13-9-19(20)18-10-14-35-17-18)23(28)32-33(24)26(21)11-7-5-3-1-2-4-6-8-12-26/h9,13,15,18,21,30H,1-8,10-12,14,16-17H2,(H2,28,32)(H,31,34). The van der Waals surface area contributed by atoms with Crippen molar-refractivity contribution in [3.05, 3.63) is 29.6 Å².